The van der Waals surface area contributed by atoms with Gasteiger partial charge in [0.15, 0.2) is 15.0 Å². The molecule has 0 atom stereocenters. The van der Waals surface area contributed by atoms with E-state index in [1.165, 1.54) is 11.1 Å². The number of hydrogen-bond acceptors (Lipinski definition) is 5. The lowest BCUT2D eigenvalue weighted by Crippen LogP contribution is -2.39. The Morgan fingerprint density at radius 1 is 1.07 bits per heavy atom. The van der Waals surface area contributed by atoms with Crippen LogP contribution in [0.5, 0.6) is 0 Å². The van der Waals surface area contributed by atoms with Crippen LogP contribution in [0.25, 0.3) is 11.3 Å². The van der Waals surface area contributed by atoms with Gasteiger partial charge in [0.25, 0.3) is 0 Å². The molecule has 4 rings (SSSR count). The molecule has 2 heterocycles. The van der Waals surface area contributed by atoms with Crippen molar-refractivity contribution in [3.05, 3.63) is 64.0 Å². The van der Waals surface area contributed by atoms with Gasteiger partial charge < -0.3 is 4.90 Å². The van der Waals surface area contributed by atoms with Gasteiger partial charge in [-0.2, -0.15) is 0 Å². The van der Waals surface area contributed by atoms with E-state index in [1.807, 2.05) is 0 Å². The molecule has 1 fully saturated rings. The van der Waals surface area contributed by atoms with E-state index < -0.39 is 9.84 Å². The average molecular weight is 447 g/mol. The maximum absolute atomic E-state index is 12.9. The summed E-state index contributed by atoms with van der Waals surface area (Å²) < 4.78 is 25.9. The minimum atomic E-state index is -3.33. The molecule has 2 aromatic carbocycles. The van der Waals surface area contributed by atoms with Crippen molar-refractivity contribution < 1.29 is 8.42 Å². The molecule has 1 saturated heterocycles. The topological polar surface area (TPSA) is 50.3 Å². The van der Waals surface area contributed by atoms with E-state index in [0.717, 1.165) is 16.4 Å². The monoisotopic (exact) mass is 446 g/mol. The molecule has 0 unspecified atom stereocenters. The van der Waals surface area contributed by atoms with Gasteiger partial charge >= 0.3 is 0 Å². The van der Waals surface area contributed by atoms with Crippen molar-refractivity contribution >= 4 is 37.9 Å². The largest absolute Gasteiger partial charge is 0.348 e. The zero-order valence-corrected chi connectivity index (χ0v) is 18.8. The summed E-state index contributed by atoms with van der Waals surface area (Å²) in [5, 5.41) is 3.23. The molecule has 4 nitrogen and oxygen atoms in total. The molecular weight excluding hydrogens is 424 g/mol. The number of aromatic nitrogens is 1. The van der Waals surface area contributed by atoms with Gasteiger partial charge in [-0.05, 0) is 62.6 Å². The van der Waals surface area contributed by atoms with Crippen molar-refractivity contribution in [3.63, 3.8) is 0 Å². The molecule has 1 aliphatic rings. The van der Waals surface area contributed by atoms with E-state index in [2.05, 4.69) is 42.3 Å². The summed E-state index contributed by atoms with van der Waals surface area (Å²) in [5.74, 6) is 0. The lowest BCUT2D eigenvalue weighted by molar-refractivity contribution is 0.529. The van der Waals surface area contributed by atoms with Crippen LogP contribution in [0.15, 0.2) is 52.7 Å². The van der Waals surface area contributed by atoms with E-state index in [9.17, 15) is 8.42 Å². The van der Waals surface area contributed by atoms with Gasteiger partial charge in [0.1, 0.15) is 0 Å². The summed E-state index contributed by atoms with van der Waals surface area (Å²) in [4.78, 5) is 7.40. The van der Waals surface area contributed by atoms with E-state index in [4.69, 9.17) is 16.6 Å². The van der Waals surface area contributed by atoms with Crippen LogP contribution in [0.2, 0.25) is 5.02 Å². The van der Waals surface area contributed by atoms with Gasteiger partial charge in [-0.15, -0.1) is 11.3 Å². The van der Waals surface area contributed by atoms with Crippen LogP contribution in [-0.2, 0) is 9.84 Å². The summed E-state index contributed by atoms with van der Waals surface area (Å²) in [5.41, 5.74) is 4.57. The molecule has 0 spiro atoms. The average Bonchev–Trinajstić information content (AvgIpc) is 3.20. The second kappa shape index (κ2) is 8.09. The van der Waals surface area contributed by atoms with Crippen LogP contribution in [0.3, 0.4) is 0 Å². The summed E-state index contributed by atoms with van der Waals surface area (Å²) in [7, 11) is -3.33. The Labute approximate surface area is 181 Å². The van der Waals surface area contributed by atoms with Gasteiger partial charge in [-0.1, -0.05) is 29.3 Å². The lowest BCUT2D eigenvalue weighted by Gasteiger charge is -2.31. The Morgan fingerprint density at radius 2 is 1.76 bits per heavy atom. The Balaban J connectivity index is 1.47. The Kier molecular flexibility index (Phi) is 5.69. The second-order valence-electron chi connectivity index (χ2n) is 7.52. The Bertz CT molecular complexity index is 1120. The second-order valence-corrected chi connectivity index (χ2v) is 11.0. The number of anilines is 1. The van der Waals surface area contributed by atoms with E-state index in [1.54, 1.807) is 35.6 Å². The van der Waals surface area contributed by atoms with E-state index >= 15 is 0 Å². The van der Waals surface area contributed by atoms with Crippen molar-refractivity contribution in [2.24, 2.45) is 0 Å². The number of rotatable bonds is 4. The standard InChI is InChI=1S/C22H23ClN2O2S2/c1-15-3-4-16(2)20(13-15)21-14-28-22(24-21)25-11-9-19(10-12-25)29(26,27)18-7-5-17(23)6-8-18/h3-8,13-14,19H,9-12H2,1-2H3. The van der Waals surface area contributed by atoms with Gasteiger partial charge in [0.05, 0.1) is 15.8 Å². The minimum absolute atomic E-state index is 0.354. The maximum atomic E-state index is 12.9. The first kappa shape index (κ1) is 20.4. The quantitative estimate of drug-likeness (QED) is 0.529. The highest BCUT2D eigenvalue weighted by Gasteiger charge is 2.32. The normalized spacial score (nSPS) is 15.6. The smallest absolute Gasteiger partial charge is 0.185 e. The number of halogens is 1. The Hall–Kier alpha value is -1.89. The minimum Gasteiger partial charge on any atom is -0.348 e. The van der Waals surface area contributed by atoms with Crippen molar-refractivity contribution in [2.45, 2.75) is 36.8 Å². The maximum Gasteiger partial charge on any atom is 0.185 e. The van der Waals surface area contributed by atoms with Gasteiger partial charge in [0, 0.05) is 29.1 Å². The molecule has 152 valence electrons. The predicted octanol–water partition coefficient (Wildman–Crippen LogP) is 5.52. The van der Waals surface area contributed by atoms with Crippen LogP contribution in [-0.4, -0.2) is 31.7 Å². The van der Waals surface area contributed by atoms with Crippen LogP contribution < -0.4 is 4.90 Å². The van der Waals surface area contributed by atoms with E-state index in [-0.39, 0.29) is 5.25 Å². The van der Waals surface area contributed by atoms with Crippen molar-refractivity contribution in [2.75, 3.05) is 18.0 Å². The van der Waals surface area contributed by atoms with Crippen LogP contribution in [0.4, 0.5) is 5.13 Å². The molecule has 1 aromatic heterocycles. The number of thiazole rings is 1. The van der Waals surface area contributed by atoms with Crippen molar-refractivity contribution in [1.29, 1.82) is 0 Å². The SMILES string of the molecule is Cc1ccc(C)c(-c2csc(N3CCC(S(=O)(=O)c4ccc(Cl)cc4)CC3)n2)c1. The summed E-state index contributed by atoms with van der Waals surface area (Å²) in [6.07, 6.45) is 1.20. The molecular formula is C22H23ClN2O2S2. The van der Waals surface area contributed by atoms with E-state index in [0.29, 0.717) is 35.8 Å². The zero-order chi connectivity index (χ0) is 20.6. The lowest BCUT2D eigenvalue weighted by atomic mass is 10.0. The number of aryl methyl sites for hydroxylation is 2. The van der Waals surface area contributed by atoms with Gasteiger partial charge in [-0.25, -0.2) is 13.4 Å². The number of sulfone groups is 1. The number of hydrogen-bond donors (Lipinski definition) is 0. The molecule has 0 amide bonds. The highest BCUT2D eigenvalue weighted by atomic mass is 35.5. The van der Waals surface area contributed by atoms with Crippen LogP contribution in [0, 0.1) is 13.8 Å². The van der Waals surface area contributed by atoms with Crippen LogP contribution in [0.1, 0.15) is 24.0 Å². The first-order chi connectivity index (χ1) is 13.8. The summed E-state index contributed by atoms with van der Waals surface area (Å²) >= 11 is 7.51. The predicted molar refractivity (Wildman–Crippen MR) is 121 cm³/mol. The molecule has 0 aliphatic carbocycles. The first-order valence-corrected chi connectivity index (χ1v) is 12.4. The Morgan fingerprint density at radius 3 is 2.45 bits per heavy atom. The number of nitrogens with zero attached hydrogens (tertiary/aromatic N) is 2. The molecule has 0 saturated carbocycles. The molecule has 29 heavy (non-hydrogen) atoms. The summed E-state index contributed by atoms with van der Waals surface area (Å²) in [6, 6.07) is 12.9. The third kappa shape index (κ3) is 4.20. The molecule has 0 radical (unpaired) electrons. The molecule has 7 heteroatoms. The van der Waals surface area contributed by atoms with Crippen molar-refractivity contribution in [1.82, 2.24) is 4.98 Å². The molecule has 3 aromatic rings. The fourth-order valence-electron chi connectivity index (χ4n) is 3.72. The molecule has 0 bridgehead atoms. The fourth-order valence-corrected chi connectivity index (χ4v) is 6.46. The zero-order valence-electron chi connectivity index (χ0n) is 16.4. The number of benzene rings is 2. The first-order valence-electron chi connectivity index (χ1n) is 9.62. The molecule has 1 aliphatic heterocycles. The summed E-state index contributed by atoms with van der Waals surface area (Å²) in [6.45, 7) is 5.57. The number of piperidine rings is 1. The highest BCUT2D eigenvalue weighted by molar-refractivity contribution is 7.92. The van der Waals surface area contributed by atoms with Crippen LogP contribution >= 0.6 is 22.9 Å². The van der Waals surface area contributed by atoms with Gasteiger partial charge in [0.2, 0.25) is 0 Å². The third-order valence-corrected chi connectivity index (χ3v) is 8.89. The van der Waals surface area contributed by atoms with Gasteiger partial charge in [-0.3, -0.25) is 0 Å². The van der Waals surface area contributed by atoms with Crippen molar-refractivity contribution in [3.8, 4) is 11.3 Å². The highest BCUT2D eigenvalue weighted by Crippen LogP contribution is 2.33. The third-order valence-electron chi connectivity index (χ3n) is 5.45. The fraction of sp³-hybridized carbons (Fsp3) is 0.318. The molecule has 0 N–H and O–H groups in total.